The van der Waals surface area contributed by atoms with Crippen molar-refractivity contribution in [2.24, 2.45) is 0 Å². The number of amides is 4. The van der Waals surface area contributed by atoms with E-state index in [-0.39, 0.29) is 0 Å². The van der Waals surface area contributed by atoms with Crippen LogP contribution in [0.2, 0.25) is 0 Å². The standard InChI is InChI=1S/C19H18IN3O3/c1-19(12-11-13-5-3-2-4-6-13)17(25)23(18(26)21-19)22-16(24)14-7-9-15(20)10-8-14/h2-10H,11-12H2,1H3,(H,21,26)(H,22,24). The molecule has 0 aliphatic carbocycles. The fourth-order valence-corrected chi connectivity index (χ4v) is 3.12. The van der Waals surface area contributed by atoms with Crippen LogP contribution in [0.1, 0.15) is 29.3 Å². The van der Waals surface area contributed by atoms with Crippen LogP contribution in [0, 0.1) is 3.57 Å². The summed E-state index contributed by atoms with van der Waals surface area (Å²) in [5.74, 6) is -0.963. The molecule has 26 heavy (non-hydrogen) atoms. The molecule has 2 aromatic carbocycles. The number of benzene rings is 2. The number of hydrazine groups is 1. The number of hydrogen-bond acceptors (Lipinski definition) is 3. The number of halogens is 1. The molecule has 1 atom stereocenters. The molecule has 1 heterocycles. The van der Waals surface area contributed by atoms with Gasteiger partial charge in [0.15, 0.2) is 0 Å². The van der Waals surface area contributed by atoms with E-state index in [0.717, 1.165) is 14.1 Å². The van der Waals surface area contributed by atoms with Gasteiger partial charge in [-0.25, -0.2) is 4.79 Å². The van der Waals surface area contributed by atoms with E-state index in [0.29, 0.717) is 18.4 Å². The van der Waals surface area contributed by atoms with Crippen molar-refractivity contribution in [3.63, 3.8) is 0 Å². The molecule has 0 saturated carbocycles. The number of nitrogens with zero attached hydrogens (tertiary/aromatic N) is 1. The molecule has 6 nitrogen and oxygen atoms in total. The predicted octanol–water partition coefficient (Wildman–Crippen LogP) is 2.88. The van der Waals surface area contributed by atoms with Gasteiger partial charge in [0.25, 0.3) is 11.8 Å². The fourth-order valence-electron chi connectivity index (χ4n) is 2.76. The Hall–Kier alpha value is -2.42. The molecule has 0 bridgehead atoms. The SMILES string of the molecule is CC1(CCc2ccccc2)NC(=O)N(NC(=O)c2ccc(I)cc2)C1=O. The van der Waals surface area contributed by atoms with Gasteiger partial charge >= 0.3 is 6.03 Å². The number of rotatable bonds is 5. The molecule has 1 fully saturated rings. The van der Waals surface area contributed by atoms with Gasteiger partial charge in [0.05, 0.1) is 0 Å². The average Bonchev–Trinajstić information content (AvgIpc) is 2.85. The summed E-state index contributed by atoms with van der Waals surface area (Å²) in [6, 6.07) is 16.0. The topological polar surface area (TPSA) is 78.5 Å². The van der Waals surface area contributed by atoms with Gasteiger partial charge in [-0.3, -0.25) is 15.0 Å². The third kappa shape index (κ3) is 3.87. The van der Waals surface area contributed by atoms with Gasteiger partial charge < -0.3 is 5.32 Å². The van der Waals surface area contributed by atoms with E-state index in [2.05, 4.69) is 33.3 Å². The van der Waals surface area contributed by atoms with Gasteiger partial charge in [0.1, 0.15) is 5.54 Å². The number of aryl methyl sites for hydroxylation is 1. The quantitative estimate of drug-likeness (QED) is 0.529. The van der Waals surface area contributed by atoms with Crippen molar-refractivity contribution in [2.45, 2.75) is 25.3 Å². The monoisotopic (exact) mass is 463 g/mol. The van der Waals surface area contributed by atoms with Gasteiger partial charge in [-0.05, 0) is 72.2 Å². The average molecular weight is 463 g/mol. The summed E-state index contributed by atoms with van der Waals surface area (Å²) in [6.07, 6.45) is 1.08. The molecule has 4 amide bonds. The Morgan fingerprint density at radius 2 is 1.77 bits per heavy atom. The lowest BCUT2D eigenvalue weighted by molar-refractivity contribution is -0.132. The van der Waals surface area contributed by atoms with Crippen LogP contribution in [0.3, 0.4) is 0 Å². The van der Waals surface area contributed by atoms with Crippen molar-refractivity contribution in [1.82, 2.24) is 15.8 Å². The number of imide groups is 1. The fraction of sp³-hybridized carbons (Fsp3) is 0.211. The molecule has 1 unspecified atom stereocenters. The zero-order chi connectivity index (χ0) is 18.7. The Balaban J connectivity index is 1.67. The Morgan fingerprint density at radius 3 is 2.42 bits per heavy atom. The summed E-state index contributed by atoms with van der Waals surface area (Å²) < 4.78 is 0.989. The van der Waals surface area contributed by atoms with E-state index in [1.54, 1.807) is 31.2 Å². The number of carbonyl (C=O) groups is 3. The van der Waals surface area contributed by atoms with E-state index in [1.165, 1.54) is 0 Å². The normalized spacial score (nSPS) is 19.4. The molecule has 1 saturated heterocycles. The van der Waals surface area contributed by atoms with Crippen molar-refractivity contribution in [3.8, 4) is 0 Å². The summed E-state index contributed by atoms with van der Waals surface area (Å²) in [5, 5.41) is 3.46. The Bertz CT molecular complexity index is 839. The van der Waals surface area contributed by atoms with Crippen LogP contribution in [0.25, 0.3) is 0 Å². The first-order valence-corrected chi connectivity index (χ1v) is 9.24. The van der Waals surface area contributed by atoms with Gasteiger partial charge in [-0.1, -0.05) is 30.3 Å². The van der Waals surface area contributed by atoms with Crippen LogP contribution >= 0.6 is 22.6 Å². The van der Waals surface area contributed by atoms with E-state index in [9.17, 15) is 14.4 Å². The molecule has 1 aliphatic heterocycles. The van der Waals surface area contributed by atoms with Gasteiger partial charge in [0, 0.05) is 9.13 Å². The van der Waals surface area contributed by atoms with Crippen LogP contribution in [0.5, 0.6) is 0 Å². The summed E-state index contributed by atoms with van der Waals surface area (Å²) in [4.78, 5) is 37.2. The van der Waals surface area contributed by atoms with Crippen LogP contribution in [-0.2, 0) is 11.2 Å². The van der Waals surface area contributed by atoms with Crippen LogP contribution in [-0.4, -0.2) is 28.4 Å². The highest BCUT2D eigenvalue weighted by molar-refractivity contribution is 14.1. The highest BCUT2D eigenvalue weighted by atomic mass is 127. The molecule has 2 aromatic rings. The second kappa shape index (κ2) is 7.45. The first-order valence-electron chi connectivity index (χ1n) is 8.16. The molecule has 0 radical (unpaired) electrons. The lowest BCUT2D eigenvalue weighted by Crippen LogP contribution is -2.48. The largest absolute Gasteiger partial charge is 0.344 e. The minimum atomic E-state index is -1.05. The zero-order valence-corrected chi connectivity index (χ0v) is 16.3. The molecular weight excluding hydrogens is 445 g/mol. The van der Waals surface area contributed by atoms with Crippen LogP contribution in [0.4, 0.5) is 4.79 Å². The molecule has 0 spiro atoms. The smallest absolute Gasteiger partial charge is 0.322 e. The highest BCUT2D eigenvalue weighted by Gasteiger charge is 2.48. The van der Waals surface area contributed by atoms with E-state index in [1.807, 2.05) is 30.3 Å². The molecule has 3 rings (SSSR count). The summed E-state index contributed by atoms with van der Waals surface area (Å²) in [5.41, 5.74) is 2.81. The maximum atomic E-state index is 12.7. The minimum Gasteiger partial charge on any atom is -0.322 e. The van der Waals surface area contributed by atoms with Crippen molar-refractivity contribution in [2.75, 3.05) is 0 Å². The van der Waals surface area contributed by atoms with Crippen molar-refractivity contribution in [3.05, 3.63) is 69.3 Å². The molecular formula is C19H18IN3O3. The Morgan fingerprint density at radius 1 is 1.12 bits per heavy atom. The molecule has 2 N–H and O–H groups in total. The van der Waals surface area contributed by atoms with Gasteiger partial charge in [0.2, 0.25) is 0 Å². The molecule has 1 aliphatic rings. The van der Waals surface area contributed by atoms with E-state index < -0.39 is 23.4 Å². The summed E-state index contributed by atoms with van der Waals surface area (Å²) in [7, 11) is 0. The number of hydrogen-bond donors (Lipinski definition) is 2. The minimum absolute atomic E-state index is 0.379. The number of carbonyl (C=O) groups excluding carboxylic acids is 3. The zero-order valence-electron chi connectivity index (χ0n) is 14.2. The Labute approximate surface area is 165 Å². The first-order chi connectivity index (χ1) is 12.4. The second-order valence-corrected chi connectivity index (χ2v) is 7.58. The maximum absolute atomic E-state index is 12.7. The molecule has 134 valence electrons. The number of nitrogens with one attached hydrogen (secondary N) is 2. The number of urea groups is 1. The van der Waals surface area contributed by atoms with Crippen molar-refractivity contribution in [1.29, 1.82) is 0 Å². The van der Waals surface area contributed by atoms with Crippen LogP contribution < -0.4 is 10.7 Å². The third-order valence-corrected chi connectivity index (χ3v) is 5.06. The summed E-state index contributed by atoms with van der Waals surface area (Å²) in [6.45, 7) is 1.67. The molecule has 7 heteroatoms. The lowest BCUT2D eigenvalue weighted by atomic mass is 9.93. The van der Waals surface area contributed by atoms with Gasteiger partial charge in [-0.2, -0.15) is 5.01 Å². The third-order valence-electron chi connectivity index (χ3n) is 4.34. The molecule has 0 aromatic heterocycles. The maximum Gasteiger partial charge on any atom is 0.344 e. The van der Waals surface area contributed by atoms with Gasteiger partial charge in [-0.15, -0.1) is 0 Å². The highest BCUT2D eigenvalue weighted by Crippen LogP contribution is 2.22. The predicted molar refractivity (Wildman–Crippen MR) is 105 cm³/mol. The summed E-state index contributed by atoms with van der Waals surface area (Å²) >= 11 is 2.13. The van der Waals surface area contributed by atoms with Crippen LogP contribution in [0.15, 0.2) is 54.6 Å². The van der Waals surface area contributed by atoms with Crippen molar-refractivity contribution >= 4 is 40.4 Å². The van der Waals surface area contributed by atoms with Crippen molar-refractivity contribution < 1.29 is 14.4 Å². The lowest BCUT2D eigenvalue weighted by Gasteiger charge is -2.21. The van der Waals surface area contributed by atoms with E-state index >= 15 is 0 Å². The van der Waals surface area contributed by atoms with E-state index in [4.69, 9.17) is 0 Å². The first kappa shape index (κ1) is 18.4. The Kier molecular flexibility index (Phi) is 5.26. The second-order valence-electron chi connectivity index (χ2n) is 6.34.